The molecule has 0 saturated carbocycles. The zero-order chi connectivity index (χ0) is 59.6. The van der Waals surface area contributed by atoms with Crippen LogP contribution >= 0.6 is 0 Å². The number of anilines is 1. The molecule has 0 atom stereocenters. The zero-order valence-corrected chi connectivity index (χ0v) is 47.5. The van der Waals surface area contributed by atoms with Gasteiger partial charge in [0.05, 0.1) is 18.8 Å². The second-order valence-electron chi connectivity index (χ2n) is 20.4. The van der Waals surface area contributed by atoms with Crippen LogP contribution < -0.4 is 9.64 Å². The summed E-state index contributed by atoms with van der Waals surface area (Å²) in [6.07, 6.45) is 3.66. The van der Waals surface area contributed by atoms with E-state index in [1.807, 2.05) is 67.9 Å². The molecule has 0 bridgehead atoms. The number of aromatic nitrogens is 2. The summed E-state index contributed by atoms with van der Waals surface area (Å²) >= 11 is 0. The first-order valence-corrected chi connectivity index (χ1v) is 27.5. The van der Waals surface area contributed by atoms with Crippen molar-refractivity contribution < 1.29 is 37.4 Å². The monoisotopic (exact) mass is 1260 g/mol. The van der Waals surface area contributed by atoms with E-state index in [0.29, 0.717) is 28.8 Å². The van der Waals surface area contributed by atoms with Crippen LogP contribution in [0.15, 0.2) is 291 Å². The molecular weight excluding hydrogens is 1210 g/mol. The zero-order valence-electron chi connectivity index (χ0n) is 50.2. The number of benzene rings is 11. The first kappa shape index (κ1) is 46.4. The van der Waals surface area contributed by atoms with Gasteiger partial charge >= 0.3 is 0 Å². The van der Waals surface area contributed by atoms with Gasteiger partial charge in [-0.3, -0.25) is 0 Å². The first-order valence-electron chi connectivity index (χ1n) is 30.0. The van der Waals surface area contributed by atoms with Crippen LogP contribution in [-0.2, 0) is 25.8 Å². The van der Waals surface area contributed by atoms with Crippen molar-refractivity contribution in [2.24, 2.45) is 0 Å². The second kappa shape index (κ2) is 22.2. The first-order chi connectivity index (χ1) is 43.2. The predicted octanol–water partition coefficient (Wildman–Crippen LogP) is 19.5. The molecule has 0 fully saturated rings. The number of para-hydroxylation sites is 2. The van der Waals surface area contributed by atoms with E-state index >= 15 is 0 Å². The van der Waals surface area contributed by atoms with E-state index in [0.717, 1.165) is 111 Å². The standard InChI is InChI=1S/C77H51N4O2.Pt/c1-52-46-73(78-49-69(52)59-42-40-54(41-43-59)53-22-7-2-8-23-53)81-70-39-18-17-34-67(70)68-45-44-62(48-71(68)81)83-61-33-19-32-60(47-61)72-50-82-77-76(74-63(55-24-9-3-10-25-55)35-20-36-64(74)56-26-11-4-12-27-56)80(51-79(72)77)75-65(57-28-13-5-14-29-57)37-21-38-66(75)58-30-15-6-16-31-58;/h2-46,49-51H,1H3;/q-3;/i2D,7D,8D,22D,23D;. The van der Waals surface area contributed by atoms with Crippen molar-refractivity contribution in [1.29, 1.82) is 0 Å². The number of ether oxygens (including phenoxy) is 2. The van der Waals surface area contributed by atoms with Gasteiger partial charge in [0.1, 0.15) is 5.82 Å². The molecule has 6 nitrogen and oxygen atoms in total. The third kappa shape index (κ3) is 9.37. The summed E-state index contributed by atoms with van der Waals surface area (Å²) in [7, 11) is 0. The molecule has 84 heavy (non-hydrogen) atoms. The van der Waals surface area contributed by atoms with Gasteiger partial charge in [-0.15, -0.1) is 41.3 Å². The summed E-state index contributed by atoms with van der Waals surface area (Å²) in [5.41, 5.74) is 18.1. The Bertz CT molecular complexity index is 4820. The Morgan fingerprint density at radius 1 is 0.488 bits per heavy atom. The summed E-state index contributed by atoms with van der Waals surface area (Å²) in [5.74, 6) is 2.32. The maximum atomic E-state index is 8.51. The number of pyridine rings is 1. The van der Waals surface area contributed by atoms with Gasteiger partial charge in [0, 0.05) is 72.2 Å². The van der Waals surface area contributed by atoms with E-state index in [9.17, 15) is 0 Å². The molecule has 0 amide bonds. The van der Waals surface area contributed by atoms with E-state index in [-0.39, 0.29) is 50.8 Å². The maximum absolute atomic E-state index is 8.51. The molecular formula is C77H51N4O2Pt-3. The number of hydrogen-bond donors (Lipinski definition) is 0. The van der Waals surface area contributed by atoms with E-state index < -0.39 is 6.04 Å². The Morgan fingerprint density at radius 2 is 1.04 bits per heavy atom. The number of aryl methyl sites for hydroxylation is 1. The van der Waals surface area contributed by atoms with Gasteiger partial charge in [-0.1, -0.05) is 242 Å². The van der Waals surface area contributed by atoms with Crippen LogP contribution in [0.4, 0.5) is 5.69 Å². The van der Waals surface area contributed by atoms with Crippen LogP contribution in [0.25, 0.3) is 106 Å². The van der Waals surface area contributed by atoms with E-state index in [2.05, 4.69) is 215 Å². The van der Waals surface area contributed by atoms with Gasteiger partial charge in [-0.2, -0.15) is 12.7 Å². The van der Waals surface area contributed by atoms with Crippen LogP contribution in [0.2, 0.25) is 0 Å². The summed E-state index contributed by atoms with van der Waals surface area (Å²) in [4.78, 5) is 9.51. The van der Waals surface area contributed by atoms with Gasteiger partial charge in [-0.25, -0.2) is 4.98 Å². The van der Waals surface area contributed by atoms with E-state index in [1.54, 1.807) is 12.1 Å². The molecule has 0 aliphatic carbocycles. The third-order valence-electron chi connectivity index (χ3n) is 15.5. The smallest absolute Gasteiger partial charge is 0.184 e. The Morgan fingerprint density at radius 3 is 1.67 bits per heavy atom. The van der Waals surface area contributed by atoms with Crippen LogP contribution in [-0.4, -0.2) is 14.5 Å². The van der Waals surface area contributed by atoms with E-state index in [1.165, 1.54) is 0 Å². The summed E-state index contributed by atoms with van der Waals surface area (Å²) in [6, 6.07) is 88.5. The normalized spacial score (nSPS) is 13.6. The minimum absolute atomic E-state index is 0. The molecule has 2 aromatic heterocycles. The third-order valence-corrected chi connectivity index (χ3v) is 15.5. The Hall–Kier alpha value is -10.3. The second-order valence-corrected chi connectivity index (χ2v) is 20.4. The minimum atomic E-state index is -0.417. The topological polar surface area (TPSA) is 42.8 Å². The fraction of sp³-hybridized carbons (Fsp3) is 0.0130. The molecule has 0 spiro atoms. The number of fused-ring (bicyclic) bond motifs is 4. The van der Waals surface area contributed by atoms with Gasteiger partial charge in [0.15, 0.2) is 5.88 Å². The number of rotatable bonds is 12. The van der Waals surface area contributed by atoms with Crippen molar-refractivity contribution in [3.05, 3.63) is 327 Å². The number of hydrogen-bond acceptors (Lipinski definition) is 5. The van der Waals surface area contributed by atoms with Gasteiger partial charge in [-0.05, 0) is 85.8 Å². The Kier molecular flexibility index (Phi) is 12.3. The van der Waals surface area contributed by atoms with Crippen molar-refractivity contribution in [3.8, 4) is 84.1 Å². The van der Waals surface area contributed by atoms with Crippen LogP contribution in [0.3, 0.4) is 0 Å². The molecule has 15 rings (SSSR count). The molecule has 13 aromatic rings. The van der Waals surface area contributed by atoms with Crippen molar-refractivity contribution in [2.75, 3.05) is 4.90 Å². The van der Waals surface area contributed by atoms with Gasteiger partial charge in [0.2, 0.25) is 0 Å². The molecule has 2 aliphatic rings. The van der Waals surface area contributed by atoms with Crippen molar-refractivity contribution >= 4 is 38.9 Å². The molecule has 4 heterocycles. The largest absolute Gasteiger partial charge is 0.503 e. The van der Waals surface area contributed by atoms with Crippen LogP contribution in [0.5, 0.6) is 11.5 Å². The SMILES string of the molecule is [2H]c1c([2H])c([2H])c(-c2ccc(-c3cnc(-n4c5[c-]c(Oc6[c-]c(C7=COC8=C(c9c(-c%10ccccc%10)cccc9-c9ccccc9)N(c9c(-c%10ccccc%10)cccc9-c9ccccc9)[CH-]N78)ccc6)ccc5c5ccccc54)cc3C)cc2)c([2H])c1[2H].[Pt]. The van der Waals surface area contributed by atoms with Crippen LogP contribution in [0.1, 0.15) is 23.5 Å². The average molecular weight is 1260 g/mol. The van der Waals surface area contributed by atoms with Crippen molar-refractivity contribution in [1.82, 2.24) is 14.5 Å². The van der Waals surface area contributed by atoms with Gasteiger partial charge in [0.25, 0.3) is 0 Å². The quantitative estimate of drug-likeness (QED) is 0.114. The average Bonchev–Trinajstić information content (AvgIpc) is 1.64. The molecule has 7 heteroatoms. The molecule has 0 unspecified atom stereocenters. The minimum Gasteiger partial charge on any atom is -0.503 e. The van der Waals surface area contributed by atoms with E-state index in [4.69, 9.17) is 21.3 Å². The van der Waals surface area contributed by atoms with Crippen molar-refractivity contribution in [2.45, 2.75) is 6.92 Å². The van der Waals surface area contributed by atoms with Crippen molar-refractivity contribution in [3.63, 3.8) is 0 Å². The molecule has 0 radical (unpaired) electrons. The Balaban J connectivity index is 0.00000694. The maximum Gasteiger partial charge on any atom is 0.184 e. The molecule has 0 N–H and O–H groups in total. The summed E-state index contributed by atoms with van der Waals surface area (Å²) in [5, 5.41) is 2.02. The number of nitrogens with zero attached hydrogens (tertiary/aromatic N) is 4. The summed E-state index contributed by atoms with van der Waals surface area (Å²) < 4.78 is 57.3. The fourth-order valence-corrected chi connectivity index (χ4v) is 11.6. The molecule has 11 aromatic carbocycles. The fourth-order valence-electron chi connectivity index (χ4n) is 11.6. The van der Waals surface area contributed by atoms with Gasteiger partial charge < -0.3 is 23.8 Å². The summed E-state index contributed by atoms with van der Waals surface area (Å²) in [6.45, 7) is 4.19. The molecule has 404 valence electrons. The van der Waals surface area contributed by atoms with Crippen LogP contribution in [0, 0.1) is 25.7 Å². The Labute approximate surface area is 510 Å². The molecule has 0 saturated heterocycles. The molecule has 2 aliphatic heterocycles. The predicted molar refractivity (Wildman–Crippen MR) is 338 cm³/mol.